The normalized spacial score (nSPS) is 16.0. The van der Waals surface area contributed by atoms with Gasteiger partial charge in [-0.05, 0) is 55.5 Å². The van der Waals surface area contributed by atoms with E-state index in [4.69, 9.17) is 4.74 Å². The maximum atomic E-state index is 12.7. The minimum absolute atomic E-state index is 0.0239. The summed E-state index contributed by atoms with van der Waals surface area (Å²) in [5.74, 6) is -0.762. The predicted octanol–water partition coefficient (Wildman–Crippen LogP) is 2.00. The summed E-state index contributed by atoms with van der Waals surface area (Å²) in [4.78, 5) is 57.5. The number of amides is 4. The van der Waals surface area contributed by atoms with Crippen LogP contribution in [-0.4, -0.2) is 78.3 Å². The summed E-state index contributed by atoms with van der Waals surface area (Å²) in [6.07, 6.45) is 5.35. The van der Waals surface area contributed by atoms with Gasteiger partial charge in [-0.3, -0.25) is 29.1 Å². The van der Waals surface area contributed by atoms with Crippen LogP contribution in [0.3, 0.4) is 0 Å². The fourth-order valence-electron chi connectivity index (χ4n) is 4.35. The van der Waals surface area contributed by atoms with Crippen LogP contribution >= 0.6 is 0 Å². The Hall–Kier alpha value is -3.59. The van der Waals surface area contributed by atoms with Gasteiger partial charge in [-0.25, -0.2) is 0 Å². The third kappa shape index (κ3) is 4.99. The molecule has 0 radical (unpaired) electrons. The Morgan fingerprint density at radius 2 is 1.85 bits per heavy atom. The number of carbonyl (C=O) groups is 4. The van der Waals surface area contributed by atoms with Crippen molar-refractivity contribution in [3.05, 3.63) is 65.0 Å². The Morgan fingerprint density at radius 1 is 1.09 bits per heavy atom. The molecule has 0 bridgehead atoms. The molecule has 178 valence electrons. The molecule has 3 heterocycles. The lowest BCUT2D eigenvalue weighted by Gasteiger charge is -2.32. The number of aromatic nitrogens is 1. The number of nitrogens with one attached hydrogen (secondary N) is 1. The van der Waals surface area contributed by atoms with Crippen molar-refractivity contribution >= 4 is 23.6 Å². The largest absolute Gasteiger partial charge is 0.385 e. The van der Waals surface area contributed by atoms with E-state index in [2.05, 4.69) is 10.3 Å². The fourth-order valence-corrected chi connectivity index (χ4v) is 4.35. The standard InChI is InChI=1S/C25H28N4O5/c1-34-13-3-10-29-24(32)20-6-5-18(14-21(20)25(29)33)22(30)27-15-17-7-11-28(12-8-17)23(31)19-4-2-9-26-16-19/h2,4-6,9,14,16-17H,3,7-8,10-13,15H2,1H3,(H,27,30). The number of hydrogen-bond acceptors (Lipinski definition) is 6. The highest BCUT2D eigenvalue weighted by molar-refractivity contribution is 6.22. The van der Waals surface area contributed by atoms with E-state index in [-0.39, 0.29) is 41.7 Å². The maximum absolute atomic E-state index is 12.7. The molecule has 9 nitrogen and oxygen atoms in total. The lowest BCUT2D eigenvalue weighted by atomic mass is 9.96. The van der Waals surface area contributed by atoms with Crippen LogP contribution in [0, 0.1) is 5.92 Å². The van der Waals surface area contributed by atoms with E-state index in [1.807, 2.05) is 4.90 Å². The van der Waals surface area contributed by atoms with Crippen molar-refractivity contribution in [3.63, 3.8) is 0 Å². The van der Waals surface area contributed by atoms with Gasteiger partial charge in [-0.1, -0.05) is 0 Å². The van der Waals surface area contributed by atoms with Crippen LogP contribution in [-0.2, 0) is 4.74 Å². The highest BCUT2D eigenvalue weighted by Crippen LogP contribution is 2.24. The first-order valence-corrected chi connectivity index (χ1v) is 11.5. The van der Waals surface area contributed by atoms with Crippen LogP contribution < -0.4 is 5.32 Å². The molecule has 0 unspecified atom stereocenters. The number of hydrogen-bond donors (Lipinski definition) is 1. The highest BCUT2D eigenvalue weighted by Gasteiger charge is 2.35. The summed E-state index contributed by atoms with van der Waals surface area (Å²) in [5, 5.41) is 2.94. The average molecular weight is 465 g/mol. The molecule has 1 aromatic carbocycles. The third-order valence-electron chi connectivity index (χ3n) is 6.32. The molecule has 9 heteroatoms. The Kier molecular flexibility index (Phi) is 7.32. The van der Waals surface area contributed by atoms with Gasteiger partial charge in [-0.2, -0.15) is 0 Å². The molecule has 1 N–H and O–H groups in total. The molecule has 2 aliphatic rings. The maximum Gasteiger partial charge on any atom is 0.261 e. The SMILES string of the molecule is COCCCN1C(=O)c2ccc(C(=O)NCC3CCN(C(=O)c4cccnc4)CC3)cc2C1=O. The van der Waals surface area contributed by atoms with Crippen molar-refractivity contribution in [2.75, 3.05) is 39.9 Å². The minimum atomic E-state index is -0.378. The summed E-state index contributed by atoms with van der Waals surface area (Å²) >= 11 is 0. The first kappa shape index (κ1) is 23.6. The lowest BCUT2D eigenvalue weighted by Crippen LogP contribution is -2.41. The van der Waals surface area contributed by atoms with E-state index in [9.17, 15) is 19.2 Å². The van der Waals surface area contributed by atoms with Gasteiger partial charge in [0.05, 0.1) is 16.7 Å². The van der Waals surface area contributed by atoms with E-state index in [1.54, 1.807) is 43.8 Å². The second kappa shape index (κ2) is 10.6. The Labute approximate surface area is 198 Å². The average Bonchev–Trinajstić information content (AvgIpc) is 3.12. The van der Waals surface area contributed by atoms with Gasteiger partial charge in [0.2, 0.25) is 0 Å². The van der Waals surface area contributed by atoms with Crippen LogP contribution in [0.1, 0.15) is 60.7 Å². The number of likely N-dealkylation sites (tertiary alicyclic amines) is 1. The zero-order valence-corrected chi connectivity index (χ0v) is 19.2. The minimum Gasteiger partial charge on any atom is -0.385 e. The zero-order chi connectivity index (χ0) is 24.1. The van der Waals surface area contributed by atoms with Crippen molar-refractivity contribution in [2.45, 2.75) is 19.3 Å². The third-order valence-corrected chi connectivity index (χ3v) is 6.32. The lowest BCUT2D eigenvalue weighted by molar-refractivity contribution is 0.0636. The molecule has 2 aliphatic heterocycles. The molecule has 4 amide bonds. The highest BCUT2D eigenvalue weighted by atomic mass is 16.5. The van der Waals surface area contributed by atoms with Crippen LogP contribution in [0.4, 0.5) is 0 Å². The van der Waals surface area contributed by atoms with E-state index < -0.39 is 0 Å². The number of nitrogens with zero attached hydrogens (tertiary/aromatic N) is 3. The summed E-state index contributed by atoms with van der Waals surface area (Å²) in [6.45, 7) is 2.48. The summed E-state index contributed by atoms with van der Waals surface area (Å²) in [5.41, 5.74) is 1.51. The van der Waals surface area contributed by atoms with E-state index in [1.165, 1.54) is 11.0 Å². The van der Waals surface area contributed by atoms with Crippen LogP contribution in [0.5, 0.6) is 0 Å². The van der Waals surface area contributed by atoms with Gasteiger partial charge >= 0.3 is 0 Å². The van der Waals surface area contributed by atoms with Gasteiger partial charge in [-0.15, -0.1) is 0 Å². The van der Waals surface area contributed by atoms with Gasteiger partial charge in [0.25, 0.3) is 23.6 Å². The summed E-state index contributed by atoms with van der Waals surface area (Å²) in [7, 11) is 1.57. The topological polar surface area (TPSA) is 109 Å². The Morgan fingerprint density at radius 3 is 2.56 bits per heavy atom. The second-order valence-corrected chi connectivity index (χ2v) is 8.56. The summed E-state index contributed by atoms with van der Waals surface area (Å²) < 4.78 is 4.99. The molecule has 0 atom stereocenters. The smallest absolute Gasteiger partial charge is 0.261 e. The molecule has 4 rings (SSSR count). The molecule has 1 aromatic heterocycles. The number of carbonyl (C=O) groups excluding carboxylic acids is 4. The Balaban J connectivity index is 1.29. The van der Waals surface area contributed by atoms with Crippen molar-refractivity contribution < 1.29 is 23.9 Å². The van der Waals surface area contributed by atoms with Crippen molar-refractivity contribution in [2.24, 2.45) is 5.92 Å². The van der Waals surface area contributed by atoms with Gasteiger partial charge in [0.1, 0.15) is 0 Å². The van der Waals surface area contributed by atoms with Gasteiger partial charge in [0.15, 0.2) is 0 Å². The summed E-state index contributed by atoms with van der Waals surface area (Å²) in [6, 6.07) is 8.12. The van der Waals surface area contributed by atoms with Crippen LogP contribution in [0.15, 0.2) is 42.7 Å². The quantitative estimate of drug-likeness (QED) is 0.473. The molecular weight excluding hydrogens is 436 g/mol. The number of piperidine rings is 1. The van der Waals surface area contributed by atoms with Gasteiger partial charge in [0, 0.05) is 57.9 Å². The van der Waals surface area contributed by atoms with Crippen molar-refractivity contribution in [3.8, 4) is 0 Å². The number of ether oxygens (including phenoxy) is 1. The van der Waals surface area contributed by atoms with Crippen LogP contribution in [0.2, 0.25) is 0 Å². The first-order valence-electron chi connectivity index (χ1n) is 11.5. The Bertz CT molecular complexity index is 1080. The van der Waals surface area contributed by atoms with Gasteiger partial charge < -0.3 is 15.0 Å². The molecule has 1 saturated heterocycles. The zero-order valence-electron chi connectivity index (χ0n) is 19.2. The number of methoxy groups -OCH3 is 1. The fraction of sp³-hybridized carbons (Fsp3) is 0.400. The molecule has 34 heavy (non-hydrogen) atoms. The van der Waals surface area contributed by atoms with E-state index in [0.29, 0.717) is 49.4 Å². The number of pyridine rings is 1. The number of benzene rings is 1. The molecule has 1 fully saturated rings. The molecule has 0 spiro atoms. The number of imide groups is 1. The predicted molar refractivity (Wildman–Crippen MR) is 123 cm³/mol. The monoisotopic (exact) mass is 464 g/mol. The molecule has 0 saturated carbocycles. The van der Waals surface area contributed by atoms with Crippen molar-refractivity contribution in [1.29, 1.82) is 0 Å². The van der Waals surface area contributed by atoms with Crippen LogP contribution in [0.25, 0.3) is 0 Å². The molecule has 2 aromatic rings. The number of fused-ring (bicyclic) bond motifs is 1. The van der Waals surface area contributed by atoms with Crippen molar-refractivity contribution in [1.82, 2.24) is 20.1 Å². The van der Waals surface area contributed by atoms with E-state index >= 15 is 0 Å². The first-order chi connectivity index (χ1) is 16.5. The second-order valence-electron chi connectivity index (χ2n) is 8.56. The van der Waals surface area contributed by atoms with E-state index in [0.717, 1.165) is 12.8 Å². The molecule has 0 aliphatic carbocycles. The number of rotatable bonds is 8. The molecular formula is C25H28N4O5.